The summed E-state index contributed by atoms with van der Waals surface area (Å²) in [5.41, 5.74) is 0. The van der Waals surface area contributed by atoms with Crippen LogP contribution in [0.25, 0.3) is 0 Å². The second kappa shape index (κ2) is 21.0. The lowest BCUT2D eigenvalue weighted by Gasteiger charge is -2.37. The van der Waals surface area contributed by atoms with E-state index < -0.39 is 11.2 Å². The maximum absolute atomic E-state index is 12.1. The van der Waals surface area contributed by atoms with Gasteiger partial charge < -0.3 is 10.8 Å². The Labute approximate surface area is 252 Å². The molecule has 236 valence electrons. The highest BCUT2D eigenvalue weighted by Crippen LogP contribution is 2.27. The first-order chi connectivity index (χ1) is 19.3. The highest BCUT2D eigenvalue weighted by molar-refractivity contribution is 7.90. The van der Waals surface area contributed by atoms with E-state index in [9.17, 15) is 4.21 Å². The summed E-state index contributed by atoms with van der Waals surface area (Å²) in [6, 6.07) is 0. The van der Waals surface area contributed by atoms with Crippen molar-refractivity contribution in [2.24, 2.45) is 0 Å². The van der Waals surface area contributed by atoms with Gasteiger partial charge in [-0.15, -0.1) is 0 Å². The standard InChI is InChI=1S/C15H30N3S.C10H20N2OS.C5H11N.H2O/c1-4-10-16(11-5-1)19(17-12-6-2-7-13-17)18-14-8-3-9-15-18;13-14(11-7-3-1-4-8-11)12-9-5-2-6-10-12;1-2-4-6-5-3-1;/h1-15H2;1-10H2;6H,1-5H2;1H2/q+1;;;/p-1. The number of hydrogen-bond acceptors (Lipinski definition) is 6. The lowest BCUT2D eigenvalue weighted by molar-refractivity contribution is 0.268. The lowest BCUT2D eigenvalue weighted by atomic mass is 10.2. The van der Waals surface area contributed by atoms with E-state index in [0.29, 0.717) is 11.5 Å². The Hall–Kier alpha value is 0.220. The van der Waals surface area contributed by atoms with Crippen LogP contribution < -0.4 is 5.32 Å². The molecule has 6 aliphatic rings. The fourth-order valence-electron chi connectivity index (χ4n) is 6.58. The van der Waals surface area contributed by atoms with Gasteiger partial charge >= 0.3 is 0 Å². The van der Waals surface area contributed by atoms with Gasteiger partial charge in [-0.3, -0.25) is 0 Å². The SMILES string of the molecule is C1CCN([S+](N2CCCCC2)N2CCCCC2)CC1.C1CCNCC1.O=S(N1CCCCC1)N1CCCCC1.[OH-]. The number of hydrogen-bond donors (Lipinski definition) is 1. The minimum absolute atomic E-state index is 0. The number of nitrogens with one attached hydrogen (secondary N) is 1. The zero-order chi connectivity index (χ0) is 27.0. The summed E-state index contributed by atoms with van der Waals surface area (Å²) in [5, 5.41) is 3.28. The first-order valence-electron chi connectivity index (χ1n) is 16.9. The number of rotatable bonds is 5. The molecule has 8 nitrogen and oxygen atoms in total. The molecule has 6 heterocycles. The van der Waals surface area contributed by atoms with Crippen molar-refractivity contribution < 1.29 is 9.69 Å². The monoisotopic (exact) mass is 602 g/mol. The molecule has 0 radical (unpaired) electrons. The summed E-state index contributed by atoms with van der Waals surface area (Å²) >= 11 is -0.510. The third-order valence-corrected chi connectivity index (χ3v) is 13.0. The molecule has 10 heteroatoms. The smallest absolute Gasteiger partial charge is 0.268 e. The molecule has 6 saturated heterocycles. The molecule has 0 aromatic rings. The molecular formula is C30H62N6O2S2. The summed E-state index contributed by atoms with van der Waals surface area (Å²) in [5.74, 6) is 0. The molecular weight excluding hydrogens is 541 g/mol. The van der Waals surface area contributed by atoms with Crippen LogP contribution in [0.1, 0.15) is 116 Å². The predicted molar refractivity (Wildman–Crippen MR) is 171 cm³/mol. The Kier molecular flexibility index (Phi) is 18.2. The Morgan fingerprint density at radius 2 is 0.675 bits per heavy atom. The van der Waals surface area contributed by atoms with E-state index in [1.54, 1.807) is 0 Å². The molecule has 0 aromatic carbocycles. The Bertz CT molecular complexity index is 570. The summed E-state index contributed by atoms with van der Waals surface area (Å²) in [6.45, 7) is 14.7. The molecule has 0 spiro atoms. The van der Waals surface area contributed by atoms with E-state index in [4.69, 9.17) is 0 Å². The fourth-order valence-corrected chi connectivity index (χ4v) is 10.8. The molecule has 6 rings (SSSR count). The molecule has 0 unspecified atom stereocenters. The second-order valence-electron chi connectivity index (χ2n) is 12.2. The van der Waals surface area contributed by atoms with Crippen molar-refractivity contribution in [1.29, 1.82) is 0 Å². The number of piperidine rings is 6. The summed E-state index contributed by atoms with van der Waals surface area (Å²) < 4.78 is 24.9. The molecule has 0 aliphatic carbocycles. The van der Waals surface area contributed by atoms with Crippen LogP contribution in [0.3, 0.4) is 0 Å². The van der Waals surface area contributed by atoms with Gasteiger partial charge in [0.2, 0.25) is 0 Å². The fraction of sp³-hybridized carbons (Fsp3) is 1.00. The van der Waals surface area contributed by atoms with Crippen LogP contribution in [0.5, 0.6) is 0 Å². The van der Waals surface area contributed by atoms with Gasteiger partial charge in [-0.1, -0.05) is 51.4 Å². The Morgan fingerprint density at radius 3 is 0.925 bits per heavy atom. The third-order valence-electron chi connectivity index (χ3n) is 8.92. The van der Waals surface area contributed by atoms with Gasteiger partial charge in [0.25, 0.3) is 11.5 Å². The van der Waals surface area contributed by atoms with Gasteiger partial charge in [0.1, 0.15) is 0 Å². The maximum Gasteiger partial charge on any atom is 0.268 e. The summed E-state index contributed by atoms with van der Waals surface area (Å²) in [4.78, 5) is 0. The molecule has 0 amide bonds. The zero-order valence-electron chi connectivity index (χ0n) is 25.6. The number of nitrogens with zero attached hydrogens (tertiary/aromatic N) is 5. The quantitative estimate of drug-likeness (QED) is 0.450. The maximum atomic E-state index is 12.1. The second-order valence-corrected chi connectivity index (χ2v) is 15.8. The molecule has 6 aliphatic heterocycles. The van der Waals surface area contributed by atoms with Crippen molar-refractivity contribution in [2.45, 2.75) is 116 Å². The molecule has 2 N–H and O–H groups in total. The van der Waals surface area contributed by atoms with Crippen molar-refractivity contribution in [1.82, 2.24) is 26.8 Å². The molecule has 0 aromatic heterocycles. The minimum atomic E-state index is -0.826. The van der Waals surface area contributed by atoms with Gasteiger partial charge in [0.15, 0.2) is 11.2 Å². The average Bonchev–Trinajstić information content (AvgIpc) is 3.05. The van der Waals surface area contributed by atoms with Gasteiger partial charge in [0.05, 0.1) is 0 Å². The highest BCUT2D eigenvalue weighted by Gasteiger charge is 2.44. The highest BCUT2D eigenvalue weighted by atomic mass is 32.2. The summed E-state index contributed by atoms with van der Waals surface area (Å²) in [7, 11) is 0. The van der Waals surface area contributed by atoms with Gasteiger partial charge in [0, 0.05) is 65.4 Å². The van der Waals surface area contributed by atoms with Gasteiger partial charge in [-0.05, 0) is 90.1 Å². The van der Waals surface area contributed by atoms with Crippen LogP contribution in [0.15, 0.2) is 0 Å². The van der Waals surface area contributed by atoms with Crippen LogP contribution in [-0.2, 0) is 22.6 Å². The minimum Gasteiger partial charge on any atom is -0.870 e. The van der Waals surface area contributed by atoms with Crippen molar-refractivity contribution in [3.05, 3.63) is 0 Å². The van der Waals surface area contributed by atoms with Crippen molar-refractivity contribution in [3.63, 3.8) is 0 Å². The molecule has 6 fully saturated rings. The van der Waals surface area contributed by atoms with Crippen LogP contribution in [0.2, 0.25) is 0 Å². The van der Waals surface area contributed by atoms with E-state index >= 15 is 0 Å². The van der Waals surface area contributed by atoms with Gasteiger partial charge in [-0.2, -0.15) is 0 Å². The Morgan fingerprint density at radius 1 is 0.400 bits per heavy atom. The van der Waals surface area contributed by atoms with E-state index in [-0.39, 0.29) is 5.48 Å². The van der Waals surface area contributed by atoms with Crippen LogP contribution >= 0.6 is 0 Å². The predicted octanol–water partition coefficient (Wildman–Crippen LogP) is 4.93. The zero-order valence-corrected chi connectivity index (χ0v) is 27.3. The average molecular weight is 603 g/mol. The van der Waals surface area contributed by atoms with Crippen molar-refractivity contribution >= 4 is 22.6 Å². The summed E-state index contributed by atoms with van der Waals surface area (Å²) in [6.07, 6.45) is 24.6. The lowest BCUT2D eigenvalue weighted by Crippen LogP contribution is -2.56. The van der Waals surface area contributed by atoms with Crippen LogP contribution in [-0.4, -0.2) is 110 Å². The first-order valence-corrected chi connectivity index (χ1v) is 19.1. The normalized spacial score (nSPS) is 26.8. The van der Waals surface area contributed by atoms with Crippen LogP contribution in [0, 0.1) is 0 Å². The third kappa shape index (κ3) is 12.1. The van der Waals surface area contributed by atoms with E-state index in [2.05, 4.69) is 26.8 Å². The van der Waals surface area contributed by atoms with E-state index in [1.807, 2.05) is 0 Å². The molecule has 0 bridgehead atoms. The Balaban J connectivity index is 0.000000184. The molecule has 0 saturated carbocycles. The van der Waals surface area contributed by atoms with Gasteiger partial charge in [-0.25, -0.2) is 12.8 Å². The van der Waals surface area contributed by atoms with Crippen molar-refractivity contribution in [2.75, 3.05) is 78.5 Å². The largest absolute Gasteiger partial charge is 0.870 e. The van der Waals surface area contributed by atoms with E-state index in [1.165, 1.54) is 168 Å². The first kappa shape index (κ1) is 34.7. The van der Waals surface area contributed by atoms with E-state index in [0.717, 1.165) is 26.2 Å². The topological polar surface area (TPSA) is 75.3 Å². The molecule has 40 heavy (non-hydrogen) atoms. The van der Waals surface area contributed by atoms with Crippen LogP contribution in [0.4, 0.5) is 0 Å². The van der Waals surface area contributed by atoms with Crippen molar-refractivity contribution in [3.8, 4) is 0 Å². The molecule has 0 atom stereocenters.